The van der Waals surface area contributed by atoms with Crippen LogP contribution in [0, 0.1) is 0 Å². The van der Waals surface area contributed by atoms with E-state index in [1.807, 2.05) is 0 Å². The second kappa shape index (κ2) is 24.1. The second-order valence-corrected chi connectivity index (χ2v) is 11.1. The highest BCUT2D eigenvalue weighted by molar-refractivity contribution is 5.64. The molecule has 0 fully saturated rings. The predicted molar refractivity (Wildman–Crippen MR) is 151 cm³/mol. The minimum atomic E-state index is -0.906. The largest absolute Gasteiger partial charge is 0.550 e. The van der Waals surface area contributed by atoms with Gasteiger partial charge in [-0.05, 0) is 38.5 Å². The van der Waals surface area contributed by atoms with Gasteiger partial charge in [0.25, 0.3) is 0 Å². The summed E-state index contributed by atoms with van der Waals surface area (Å²) in [7, 11) is 6.60. The van der Waals surface area contributed by atoms with Gasteiger partial charge in [0.1, 0.15) is 6.54 Å². The summed E-state index contributed by atoms with van der Waals surface area (Å²) < 4.78 is 0.990. The fourth-order valence-corrected chi connectivity index (χ4v) is 4.18. The van der Waals surface area contributed by atoms with Crippen LogP contribution in [-0.4, -0.2) is 31.6 Å². The highest BCUT2D eigenvalue weighted by atomic mass is 16.4. The van der Waals surface area contributed by atoms with Gasteiger partial charge in [0, 0.05) is 11.5 Å². The molecule has 1 aromatic rings. The van der Waals surface area contributed by atoms with Gasteiger partial charge in [-0.3, -0.25) is 0 Å². The molecule has 3 heteroatoms. The first-order chi connectivity index (χ1) is 16.8. The number of nitrogens with zero attached hydrogens (tertiary/aromatic N) is 1. The summed E-state index contributed by atoms with van der Waals surface area (Å²) in [5.41, 5.74) is 1.40. The average Bonchev–Trinajstić information content (AvgIpc) is 2.80. The number of allylic oxidation sites excluding steroid dienone is 2. The Hall–Kier alpha value is -1.61. The Labute approximate surface area is 218 Å². The minimum absolute atomic E-state index is 0.229. The van der Waals surface area contributed by atoms with Crippen molar-refractivity contribution in [2.75, 3.05) is 21.1 Å². The fraction of sp³-hybridized carbons (Fsp3) is 0.719. The normalized spacial score (nSPS) is 11.4. The molecular formula is C32H57NO2. The molecule has 0 atom stereocenters. The summed E-state index contributed by atoms with van der Waals surface area (Å²) in [4.78, 5) is 10.3. The SMILES string of the molecule is CCCCCCCC/C=C\CCCCCCCCCCCC(=O)[O-].C[N+](C)(C)Cc1ccccc1. The number of quaternary nitrogens is 1. The first kappa shape index (κ1) is 33.4. The smallest absolute Gasteiger partial charge is 0.104 e. The maximum atomic E-state index is 10.3. The van der Waals surface area contributed by atoms with E-state index in [0.717, 1.165) is 23.9 Å². The summed E-state index contributed by atoms with van der Waals surface area (Å²) >= 11 is 0. The van der Waals surface area contributed by atoms with Crippen molar-refractivity contribution in [2.45, 2.75) is 129 Å². The molecule has 0 N–H and O–H groups in total. The quantitative estimate of drug-likeness (QED) is 0.0995. The number of carbonyl (C=O) groups is 1. The zero-order chi connectivity index (χ0) is 26.0. The van der Waals surface area contributed by atoms with Crippen molar-refractivity contribution in [1.82, 2.24) is 0 Å². The van der Waals surface area contributed by atoms with Gasteiger partial charge in [-0.15, -0.1) is 0 Å². The van der Waals surface area contributed by atoms with Gasteiger partial charge < -0.3 is 14.4 Å². The first-order valence-corrected chi connectivity index (χ1v) is 14.5. The van der Waals surface area contributed by atoms with Crippen LogP contribution < -0.4 is 5.11 Å². The van der Waals surface area contributed by atoms with Crippen molar-refractivity contribution in [3.05, 3.63) is 48.0 Å². The van der Waals surface area contributed by atoms with Gasteiger partial charge in [0.15, 0.2) is 0 Å². The van der Waals surface area contributed by atoms with Crippen LogP contribution in [0.3, 0.4) is 0 Å². The van der Waals surface area contributed by atoms with Gasteiger partial charge in [-0.25, -0.2) is 0 Å². The number of carboxylic acid groups (broad SMARTS) is 1. The number of hydrogen-bond acceptors (Lipinski definition) is 2. The molecule has 0 bridgehead atoms. The van der Waals surface area contributed by atoms with Gasteiger partial charge >= 0.3 is 0 Å². The molecule has 0 aliphatic rings. The Morgan fingerprint density at radius 1 is 0.686 bits per heavy atom. The predicted octanol–water partition coefficient (Wildman–Crippen LogP) is 8.23. The van der Waals surface area contributed by atoms with Crippen molar-refractivity contribution in [3.63, 3.8) is 0 Å². The molecule has 35 heavy (non-hydrogen) atoms. The highest BCUT2D eigenvalue weighted by Crippen LogP contribution is 2.12. The minimum Gasteiger partial charge on any atom is -0.550 e. The Kier molecular flexibility index (Phi) is 23.0. The third-order valence-corrected chi connectivity index (χ3v) is 6.14. The fourth-order valence-electron chi connectivity index (χ4n) is 4.18. The van der Waals surface area contributed by atoms with Gasteiger partial charge in [0.05, 0.1) is 21.1 Å². The molecular weight excluding hydrogens is 430 g/mol. The van der Waals surface area contributed by atoms with Crippen molar-refractivity contribution < 1.29 is 14.4 Å². The molecule has 202 valence electrons. The molecule has 0 heterocycles. The Bertz CT molecular complexity index is 604. The lowest BCUT2D eigenvalue weighted by Crippen LogP contribution is -2.33. The van der Waals surface area contributed by atoms with Crippen LogP contribution in [0.5, 0.6) is 0 Å². The van der Waals surface area contributed by atoms with Crippen LogP contribution in [0.2, 0.25) is 0 Å². The lowest BCUT2D eigenvalue weighted by molar-refractivity contribution is -0.884. The van der Waals surface area contributed by atoms with Crippen molar-refractivity contribution in [3.8, 4) is 0 Å². The number of carboxylic acids is 1. The molecule has 0 amide bonds. The Morgan fingerprint density at radius 3 is 1.54 bits per heavy atom. The van der Waals surface area contributed by atoms with E-state index in [1.165, 1.54) is 102 Å². The summed E-state index contributed by atoms with van der Waals surface area (Å²) in [6, 6.07) is 10.6. The lowest BCUT2D eigenvalue weighted by Gasteiger charge is -2.23. The van der Waals surface area contributed by atoms with E-state index in [2.05, 4.69) is 70.6 Å². The van der Waals surface area contributed by atoms with Gasteiger partial charge in [0.2, 0.25) is 0 Å². The molecule has 0 aliphatic carbocycles. The molecule has 0 saturated carbocycles. The van der Waals surface area contributed by atoms with E-state index in [0.29, 0.717) is 0 Å². The highest BCUT2D eigenvalue weighted by Gasteiger charge is 2.06. The van der Waals surface area contributed by atoms with Gasteiger partial charge in [-0.1, -0.05) is 126 Å². The summed E-state index contributed by atoms with van der Waals surface area (Å²) in [5.74, 6) is -0.906. The van der Waals surface area contributed by atoms with Crippen molar-refractivity contribution >= 4 is 5.97 Å². The number of aliphatic carboxylic acids is 1. The molecule has 0 spiro atoms. The zero-order valence-corrected chi connectivity index (χ0v) is 23.7. The third-order valence-electron chi connectivity index (χ3n) is 6.14. The van der Waals surface area contributed by atoms with Crippen LogP contribution in [-0.2, 0) is 11.3 Å². The topological polar surface area (TPSA) is 40.1 Å². The first-order valence-electron chi connectivity index (χ1n) is 14.5. The molecule has 1 aromatic carbocycles. The molecule has 0 unspecified atom stereocenters. The van der Waals surface area contributed by atoms with Crippen LogP contribution in [0.15, 0.2) is 42.5 Å². The molecule has 0 saturated heterocycles. The van der Waals surface area contributed by atoms with E-state index in [4.69, 9.17) is 0 Å². The monoisotopic (exact) mass is 487 g/mol. The van der Waals surface area contributed by atoms with Gasteiger partial charge in [-0.2, -0.15) is 0 Å². The van der Waals surface area contributed by atoms with E-state index in [-0.39, 0.29) is 6.42 Å². The van der Waals surface area contributed by atoms with E-state index >= 15 is 0 Å². The summed E-state index contributed by atoms with van der Waals surface area (Å²) in [6.45, 7) is 3.37. The number of hydrogen-bond donors (Lipinski definition) is 0. The lowest BCUT2D eigenvalue weighted by atomic mass is 10.1. The van der Waals surface area contributed by atoms with Crippen molar-refractivity contribution in [2.24, 2.45) is 0 Å². The molecule has 1 rings (SSSR count). The third kappa shape index (κ3) is 28.5. The molecule has 3 nitrogen and oxygen atoms in total. The standard InChI is InChI=1S/C22H42O2.C10H16N/c1-2-3-4-5-6-7-8-9-10-11-12-13-14-15-16-17-18-19-20-21-22(23)24;1-11(2,3)9-10-7-5-4-6-8-10/h9-10H,2-8,11-21H2,1H3,(H,23,24);4-8H,9H2,1-3H3/q;+1/p-1/b10-9-;. The Morgan fingerprint density at radius 2 is 1.11 bits per heavy atom. The maximum Gasteiger partial charge on any atom is 0.104 e. The van der Waals surface area contributed by atoms with Crippen LogP contribution >= 0.6 is 0 Å². The summed E-state index contributed by atoms with van der Waals surface area (Å²) in [5, 5.41) is 10.3. The second-order valence-electron chi connectivity index (χ2n) is 11.1. The number of benzene rings is 1. The van der Waals surface area contributed by atoms with Crippen molar-refractivity contribution in [1.29, 1.82) is 0 Å². The molecule has 0 aliphatic heterocycles. The molecule has 0 radical (unpaired) electrons. The number of unbranched alkanes of at least 4 members (excludes halogenated alkanes) is 15. The summed E-state index contributed by atoms with van der Waals surface area (Å²) in [6.07, 6.45) is 26.8. The van der Waals surface area contributed by atoms with E-state index in [9.17, 15) is 9.90 Å². The number of rotatable bonds is 21. The molecule has 0 aromatic heterocycles. The average molecular weight is 488 g/mol. The van der Waals surface area contributed by atoms with E-state index in [1.54, 1.807) is 0 Å². The Balaban J connectivity index is 0.000000867. The maximum absolute atomic E-state index is 10.3. The van der Waals surface area contributed by atoms with E-state index < -0.39 is 5.97 Å². The zero-order valence-electron chi connectivity index (χ0n) is 23.7. The van der Waals surface area contributed by atoms with Crippen LogP contribution in [0.4, 0.5) is 0 Å². The number of carbonyl (C=O) groups excluding carboxylic acids is 1. The van der Waals surface area contributed by atoms with Crippen LogP contribution in [0.1, 0.15) is 128 Å². The van der Waals surface area contributed by atoms with Crippen LogP contribution in [0.25, 0.3) is 0 Å².